The zero-order valence-corrected chi connectivity index (χ0v) is 22.1. The van der Waals surface area contributed by atoms with Crippen LogP contribution >= 0.6 is 11.3 Å². The third kappa shape index (κ3) is 4.65. The van der Waals surface area contributed by atoms with Crippen molar-refractivity contribution in [2.45, 2.75) is 18.6 Å². The van der Waals surface area contributed by atoms with Crippen molar-refractivity contribution in [2.24, 2.45) is 0 Å². The number of aromatic nitrogens is 1. The number of urea groups is 1. The van der Waals surface area contributed by atoms with Gasteiger partial charge in [0.05, 0.1) is 34.6 Å². The van der Waals surface area contributed by atoms with Gasteiger partial charge in [0.2, 0.25) is 5.91 Å². The molecule has 40 heavy (non-hydrogen) atoms. The van der Waals surface area contributed by atoms with Gasteiger partial charge in [-0.3, -0.25) is 14.5 Å². The van der Waals surface area contributed by atoms with Crippen molar-refractivity contribution in [2.75, 3.05) is 23.3 Å². The fourth-order valence-electron chi connectivity index (χ4n) is 4.95. The summed E-state index contributed by atoms with van der Waals surface area (Å²) in [7, 11) is 0. The number of carbonyl (C=O) groups is 3. The third-order valence-electron chi connectivity index (χ3n) is 6.91. The second-order valence-corrected chi connectivity index (χ2v) is 10.4. The Morgan fingerprint density at radius 2 is 1.88 bits per heavy atom. The summed E-state index contributed by atoms with van der Waals surface area (Å²) in [6.07, 6.45) is 2.27. The molecule has 0 radical (unpaired) electrons. The SMILES string of the molecule is C=CC(=O)N1CC[C@@H](NC(=O)c2sc3nccc4c3c2NC(=O)N4c2ccc(Oc3ccccc3)cc2)[C@@H](O)C1. The van der Waals surface area contributed by atoms with E-state index in [4.69, 9.17) is 4.74 Å². The van der Waals surface area contributed by atoms with Crippen LogP contribution in [0.1, 0.15) is 16.1 Å². The summed E-state index contributed by atoms with van der Waals surface area (Å²) in [6.45, 7) is 3.97. The minimum Gasteiger partial charge on any atom is -0.457 e. The predicted octanol–water partition coefficient (Wildman–Crippen LogP) is 4.65. The maximum absolute atomic E-state index is 13.4. The number of β-amino-alcohol motifs (C(OH)–C–C–N with tert-alkyl or cyclic N) is 1. The van der Waals surface area contributed by atoms with Crippen LogP contribution in [-0.2, 0) is 4.79 Å². The Bertz CT molecular complexity index is 1620. The maximum Gasteiger partial charge on any atom is 0.331 e. The first-order valence-corrected chi connectivity index (χ1v) is 13.5. The molecule has 0 bridgehead atoms. The summed E-state index contributed by atoms with van der Waals surface area (Å²) in [5.74, 6) is 0.651. The Kier molecular flexibility index (Phi) is 6.66. The van der Waals surface area contributed by atoms with Gasteiger partial charge < -0.3 is 25.4 Å². The number of anilines is 3. The van der Waals surface area contributed by atoms with Crippen LogP contribution < -0.4 is 20.3 Å². The maximum atomic E-state index is 13.4. The van der Waals surface area contributed by atoms with Gasteiger partial charge >= 0.3 is 6.03 Å². The van der Waals surface area contributed by atoms with Gasteiger partial charge in [-0.2, -0.15) is 0 Å². The van der Waals surface area contributed by atoms with Crippen molar-refractivity contribution >= 4 is 56.5 Å². The summed E-state index contributed by atoms with van der Waals surface area (Å²) < 4.78 is 5.87. The van der Waals surface area contributed by atoms with Crippen molar-refractivity contribution in [3.63, 3.8) is 0 Å². The van der Waals surface area contributed by atoms with Gasteiger partial charge in [0.25, 0.3) is 5.91 Å². The van der Waals surface area contributed by atoms with Crippen molar-refractivity contribution in [1.82, 2.24) is 15.2 Å². The third-order valence-corrected chi connectivity index (χ3v) is 8.01. The number of nitrogens with zero attached hydrogens (tertiary/aromatic N) is 3. The number of hydrogen-bond donors (Lipinski definition) is 3. The molecule has 4 heterocycles. The Morgan fingerprint density at radius 1 is 1.12 bits per heavy atom. The molecule has 11 heteroatoms. The van der Waals surface area contributed by atoms with E-state index in [2.05, 4.69) is 22.2 Å². The lowest BCUT2D eigenvalue weighted by atomic mass is 10.0. The Morgan fingerprint density at radius 3 is 2.60 bits per heavy atom. The largest absolute Gasteiger partial charge is 0.457 e. The van der Waals surface area contributed by atoms with E-state index in [0.717, 1.165) is 0 Å². The van der Waals surface area contributed by atoms with Crippen molar-refractivity contribution < 1.29 is 24.2 Å². The number of thiophene rings is 1. The van der Waals surface area contributed by atoms with Crippen LogP contribution in [0.25, 0.3) is 10.2 Å². The highest BCUT2D eigenvalue weighted by Crippen LogP contribution is 2.46. The number of carbonyl (C=O) groups excluding carboxylic acids is 3. The van der Waals surface area contributed by atoms with E-state index in [1.165, 1.54) is 27.2 Å². The van der Waals surface area contributed by atoms with Crippen LogP contribution in [0.3, 0.4) is 0 Å². The van der Waals surface area contributed by atoms with E-state index in [1.54, 1.807) is 36.5 Å². The van der Waals surface area contributed by atoms with E-state index < -0.39 is 24.1 Å². The van der Waals surface area contributed by atoms with Gasteiger partial charge in [-0.15, -0.1) is 11.3 Å². The van der Waals surface area contributed by atoms with E-state index in [9.17, 15) is 19.5 Å². The molecule has 2 aliphatic heterocycles. The highest BCUT2D eigenvalue weighted by atomic mass is 32.1. The molecular formula is C29H25N5O5S. The number of benzene rings is 2. The molecule has 3 N–H and O–H groups in total. The highest BCUT2D eigenvalue weighted by molar-refractivity contribution is 7.21. The fraction of sp³-hybridized carbons (Fsp3) is 0.172. The number of amides is 4. The predicted molar refractivity (Wildman–Crippen MR) is 152 cm³/mol. The van der Waals surface area contributed by atoms with Crippen molar-refractivity contribution in [1.29, 1.82) is 0 Å². The van der Waals surface area contributed by atoms with Crippen LogP contribution in [0.2, 0.25) is 0 Å². The van der Waals surface area contributed by atoms with E-state index in [0.29, 0.717) is 56.6 Å². The monoisotopic (exact) mass is 555 g/mol. The number of hydrogen-bond acceptors (Lipinski definition) is 7. The molecule has 10 nitrogen and oxygen atoms in total. The number of ether oxygens (including phenoxy) is 1. The average Bonchev–Trinajstić information content (AvgIpc) is 3.34. The number of aliphatic hydroxyl groups is 1. The molecule has 0 saturated carbocycles. The van der Waals surface area contributed by atoms with Crippen molar-refractivity contribution in [3.05, 3.63) is 84.4 Å². The van der Waals surface area contributed by atoms with Gasteiger partial charge in [-0.25, -0.2) is 9.78 Å². The number of likely N-dealkylation sites (tertiary alicyclic amines) is 1. The number of aliphatic hydroxyl groups excluding tert-OH is 1. The molecule has 2 aromatic carbocycles. The van der Waals surface area contributed by atoms with Crippen LogP contribution in [0.15, 0.2) is 79.5 Å². The Labute approximate surface area is 233 Å². The molecule has 2 atom stereocenters. The van der Waals surface area contributed by atoms with Crippen LogP contribution in [-0.4, -0.2) is 58.1 Å². The number of piperidine rings is 1. The zero-order valence-electron chi connectivity index (χ0n) is 21.2. The van der Waals surface area contributed by atoms with Gasteiger partial charge in [0.1, 0.15) is 21.2 Å². The second-order valence-electron chi connectivity index (χ2n) is 9.42. The number of nitrogens with one attached hydrogen (secondary N) is 2. The molecular weight excluding hydrogens is 530 g/mol. The summed E-state index contributed by atoms with van der Waals surface area (Å²) in [5.41, 5.74) is 1.61. The quantitative estimate of drug-likeness (QED) is 0.298. The summed E-state index contributed by atoms with van der Waals surface area (Å²) in [6, 6.07) is 17.3. The molecule has 202 valence electrons. The standard InChI is InChI=1S/C29H25N5O5S/c1-2-23(36)33-15-13-20(22(35)16-33)31-27(37)26-25-24-21(12-14-30-28(24)40-26)34(29(38)32-25)17-8-10-19(11-9-17)39-18-6-4-3-5-7-18/h2-12,14,20,22,35H,1,13,15-16H2,(H,31,37)(H,32,38)/t20-,22+/m1/s1. The summed E-state index contributed by atoms with van der Waals surface area (Å²) in [4.78, 5) is 47.0. The fourth-order valence-corrected chi connectivity index (χ4v) is 5.97. The molecule has 2 aliphatic rings. The lowest BCUT2D eigenvalue weighted by Gasteiger charge is -2.35. The van der Waals surface area contributed by atoms with Crippen LogP contribution in [0.4, 0.5) is 21.9 Å². The highest BCUT2D eigenvalue weighted by Gasteiger charge is 2.35. The Hall–Kier alpha value is -4.74. The first-order chi connectivity index (χ1) is 19.4. The molecule has 2 aromatic heterocycles. The zero-order chi connectivity index (χ0) is 27.8. The summed E-state index contributed by atoms with van der Waals surface area (Å²) >= 11 is 1.17. The lowest BCUT2D eigenvalue weighted by Crippen LogP contribution is -2.55. The topological polar surface area (TPSA) is 124 Å². The van der Waals surface area contributed by atoms with Gasteiger partial charge in [0.15, 0.2) is 0 Å². The smallest absolute Gasteiger partial charge is 0.331 e. The Balaban J connectivity index is 1.25. The molecule has 0 spiro atoms. The molecule has 4 aromatic rings. The van der Waals surface area contributed by atoms with Gasteiger partial charge in [-0.05, 0) is 55.0 Å². The van der Waals surface area contributed by atoms with Crippen LogP contribution in [0, 0.1) is 0 Å². The van der Waals surface area contributed by atoms with E-state index in [-0.39, 0.29) is 12.5 Å². The number of pyridine rings is 1. The average molecular weight is 556 g/mol. The van der Waals surface area contributed by atoms with Gasteiger partial charge in [-0.1, -0.05) is 24.8 Å². The minimum absolute atomic E-state index is 0.0989. The lowest BCUT2D eigenvalue weighted by molar-refractivity contribution is -0.129. The number of para-hydroxylation sites is 1. The van der Waals surface area contributed by atoms with Crippen molar-refractivity contribution in [3.8, 4) is 11.5 Å². The first kappa shape index (κ1) is 25.5. The molecule has 0 aliphatic carbocycles. The van der Waals surface area contributed by atoms with E-state index >= 15 is 0 Å². The molecule has 6 rings (SSSR count). The number of rotatable bonds is 6. The first-order valence-electron chi connectivity index (χ1n) is 12.7. The minimum atomic E-state index is -0.931. The normalized spacial score (nSPS) is 18.3. The van der Waals surface area contributed by atoms with E-state index in [1.807, 2.05) is 30.3 Å². The van der Waals surface area contributed by atoms with Gasteiger partial charge in [0, 0.05) is 19.3 Å². The molecule has 1 saturated heterocycles. The van der Waals surface area contributed by atoms with Crippen LogP contribution in [0.5, 0.6) is 11.5 Å². The second kappa shape index (κ2) is 10.4. The molecule has 4 amide bonds. The molecule has 0 unspecified atom stereocenters. The summed E-state index contributed by atoms with van der Waals surface area (Å²) in [5, 5.41) is 17.0. The molecule has 1 fully saturated rings.